The zero-order valence-corrected chi connectivity index (χ0v) is 27.4. The van der Waals surface area contributed by atoms with Crippen LogP contribution in [0.15, 0.2) is 10.8 Å². The van der Waals surface area contributed by atoms with Crippen LogP contribution < -0.4 is 0 Å². The number of nitrogens with zero attached hydrogens (tertiary/aromatic N) is 2. The molecule has 3 rings (SSSR count). The highest BCUT2D eigenvalue weighted by atomic mass is 35.5. The van der Waals surface area contributed by atoms with Crippen molar-refractivity contribution in [2.24, 2.45) is 5.92 Å². The molecule has 1 aliphatic heterocycles. The van der Waals surface area contributed by atoms with Crippen LogP contribution in [0.4, 0.5) is 0 Å². The molecule has 2 aromatic rings. The number of ether oxygens (including phenoxy) is 4. The summed E-state index contributed by atoms with van der Waals surface area (Å²) in [7, 11) is 0. The second kappa shape index (κ2) is 13.1. The van der Waals surface area contributed by atoms with Gasteiger partial charge in [0.15, 0.2) is 29.2 Å². The van der Waals surface area contributed by atoms with Gasteiger partial charge in [0.1, 0.15) is 26.1 Å². The highest BCUT2D eigenvalue weighted by Gasteiger charge is 2.42. The summed E-state index contributed by atoms with van der Waals surface area (Å²) in [4.78, 5) is 60.4. The van der Waals surface area contributed by atoms with Gasteiger partial charge < -0.3 is 24.1 Å². The first-order valence-electron chi connectivity index (χ1n) is 13.1. The van der Waals surface area contributed by atoms with Gasteiger partial charge in [-0.3, -0.25) is 9.59 Å². The highest BCUT2D eigenvalue weighted by molar-refractivity contribution is 7.10. The molecule has 0 saturated carbocycles. The van der Waals surface area contributed by atoms with E-state index in [1.54, 1.807) is 6.92 Å². The summed E-state index contributed by atoms with van der Waals surface area (Å²) in [5.74, 6) is -4.08. The molecule has 42 heavy (non-hydrogen) atoms. The molecule has 15 heteroatoms. The number of thiazole rings is 2. The maximum Gasteiger partial charge on any atom is 0.358 e. The number of alkyl halides is 2. The smallest absolute Gasteiger partial charge is 0.358 e. The van der Waals surface area contributed by atoms with Gasteiger partial charge in [-0.25, -0.2) is 19.6 Å². The van der Waals surface area contributed by atoms with Gasteiger partial charge in [-0.2, -0.15) is 0 Å². The van der Waals surface area contributed by atoms with Gasteiger partial charge in [0.05, 0.1) is 5.92 Å². The zero-order valence-electron chi connectivity index (χ0n) is 24.3. The van der Waals surface area contributed by atoms with Crippen molar-refractivity contribution in [1.29, 1.82) is 0 Å². The van der Waals surface area contributed by atoms with Gasteiger partial charge in [0, 0.05) is 17.7 Å². The molecule has 0 aliphatic carbocycles. The lowest BCUT2D eigenvalue weighted by atomic mass is 9.97. The lowest BCUT2D eigenvalue weighted by molar-refractivity contribution is -0.171. The minimum atomic E-state index is -1.60. The number of hydrogen-bond acceptors (Lipinski definition) is 13. The molecule has 0 spiro atoms. The van der Waals surface area contributed by atoms with Crippen molar-refractivity contribution < 1.29 is 43.2 Å². The van der Waals surface area contributed by atoms with Gasteiger partial charge in [0.2, 0.25) is 0 Å². The largest absolute Gasteiger partial charge is 0.457 e. The minimum absolute atomic E-state index is 0.0956. The fourth-order valence-electron chi connectivity index (χ4n) is 4.10. The van der Waals surface area contributed by atoms with Crippen LogP contribution in [0.25, 0.3) is 0 Å². The van der Waals surface area contributed by atoms with Crippen molar-refractivity contribution in [3.63, 3.8) is 0 Å². The monoisotopic (exact) mass is 664 g/mol. The topological polar surface area (TPSA) is 151 Å². The number of halogens is 2. The highest BCUT2D eigenvalue weighted by Crippen LogP contribution is 2.38. The molecule has 4 bridgehead atoms. The van der Waals surface area contributed by atoms with Gasteiger partial charge in [0.25, 0.3) is 0 Å². The van der Waals surface area contributed by atoms with E-state index < -0.39 is 63.6 Å². The molecule has 0 aromatic carbocycles. The Kier molecular flexibility index (Phi) is 10.7. The van der Waals surface area contributed by atoms with Crippen molar-refractivity contribution >= 4 is 69.8 Å². The van der Waals surface area contributed by atoms with Crippen molar-refractivity contribution in [3.05, 3.63) is 32.2 Å². The minimum Gasteiger partial charge on any atom is -0.457 e. The molecule has 3 heterocycles. The number of hydrogen-bond donors (Lipinski definition) is 1. The Balaban J connectivity index is 2.09. The van der Waals surface area contributed by atoms with E-state index in [1.165, 1.54) is 52.3 Å². The number of esters is 4. The Hall–Kier alpha value is -2.32. The quantitative estimate of drug-likeness (QED) is 0.229. The Labute approximate surface area is 261 Å². The molecular formula is C27H34Cl2N2O9S2. The van der Waals surface area contributed by atoms with Crippen LogP contribution in [-0.2, 0) is 28.5 Å². The summed E-state index contributed by atoms with van der Waals surface area (Å²) in [6, 6.07) is 0. The molecule has 2 aromatic heterocycles. The van der Waals surface area contributed by atoms with Crippen LogP contribution in [0.3, 0.4) is 0 Å². The molecule has 1 N–H and O–H groups in total. The van der Waals surface area contributed by atoms with Crippen molar-refractivity contribution in [1.82, 2.24) is 9.97 Å². The Morgan fingerprint density at radius 3 is 2.19 bits per heavy atom. The molecule has 11 nitrogen and oxygen atoms in total. The second-order valence-corrected chi connectivity index (χ2v) is 14.9. The van der Waals surface area contributed by atoms with Crippen LogP contribution in [-0.4, -0.2) is 60.6 Å². The number of rotatable bonds is 6. The number of fused-ring (bicyclic) bond motifs is 4. The predicted molar refractivity (Wildman–Crippen MR) is 156 cm³/mol. The molecule has 1 aliphatic rings. The number of carbonyl (C=O) groups excluding carboxylic acids is 4. The van der Waals surface area contributed by atoms with Crippen LogP contribution in [0, 0.1) is 5.92 Å². The second-order valence-electron chi connectivity index (χ2n) is 11.3. The van der Waals surface area contributed by atoms with E-state index in [2.05, 4.69) is 9.97 Å². The number of cyclic esters (lactones) is 3. The average molecular weight is 666 g/mol. The summed E-state index contributed by atoms with van der Waals surface area (Å²) in [6.07, 6.45) is -2.42. The standard InChI is InChI=1S/C27H34Cl2N2O9S2/c1-13-17(9-8-10-27(7,28)29)38-23(34)15-11-42-21(30-15)19(37-14(2)32)26(5,6)40-24(35)16-12-41-20(31-16)18(25(3,4)36)39-22(13)33/h11-13,17-19,36H,8-10H2,1-7H3/t13-,17+,18-,19+/m1/s1. The van der Waals surface area contributed by atoms with Crippen molar-refractivity contribution in [3.8, 4) is 0 Å². The molecule has 0 unspecified atom stereocenters. The summed E-state index contributed by atoms with van der Waals surface area (Å²) >= 11 is 14.2. The Bertz CT molecular complexity index is 1310. The van der Waals surface area contributed by atoms with Gasteiger partial charge >= 0.3 is 23.9 Å². The van der Waals surface area contributed by atoms with Gasteiger partial charge in [-0.15, -0.1) is 45.9 Å². The van der Waals surface area contributed by atoms with Gasteiger partial charge in [-0.05, 0) is 60.8 Å². The van der Waals surface area contributed by atoms with Crippen molar-refractivity contribution in [2.45, 2.75) is 102 Å². The van der Waals surface area contributed by atoms with E-state index >= 15 is 0 Å². The molecule has 0 amide bonds. The van der Waals surface area contributed by atoms with Crippen LogP contribution in [0.5, 0.6) is 0 Å². The van der Waals surface area contributed by atoms with E-state index in [4.69, 9.17) is 42.1 Å². The van der Waals surface area contributed by atoms with Crippen LogP contribution in [0.2, 0.25) is 0 Å². The molecule has 0 radical (unpaired) electrons. The third-order valence-corrected chi connectivity index (χ3v) is 8.50. The number of aliphatic hydroxyl groups is 1. The van der Waals surface area contributed by atoms with E-state index in [0.29, 0.717) is 12.8 Å². The third-order valence-electron chi connectivity index (χ3n) is 6.35. The Morgan fingerprint density at radius 1 is 1.05 bits per heavy atom. The summed E-state index contributed by atoms with van der Waals surface area (Å²) < 4.78 is 21.6. The first-order chi connectivity index (χ1) is 19.3. The Morgan fingerprint density at radius 2 is 1.62 bits per heavy atom. The normalized spacial score (nSPS) is 23.8. The maximum absolute atomic E-state index is 13.4. The van der Waals surface area contributed by atoms with Crippen molar-refractivity contribution in [2.75, 3.05) is 0 Å². The molecule has 232 valence electrons. The summed E-state index contributed by atoms with van der Waals surface area (Å²) in [5, 5.41) is 14.0. The lowest BCUT2D eigenvalue weighted by Crippen LogP contribution is -2.38. The van der Waals surface area contributed by atoms with E-state index in [-0.39, 0.29) is 27.8 Å². The molecule has 0 saturated heterocycles. The fraction of sp³-hybridized carbons (Fsp3) is 0.630. The number of aromatic nitrogens is 2. The average Bonchev–Trinajstić information content (AvgIpc) is 3.52. The maximum atomic E-state index is 13.4. The summed E-state index contributed by atoms with van der Waals surface area (Å²) in [5.41, 5.74) is -3.25. The lowest BCUT2D eigenvalue weighted by Gasteiger charge is -2.31. The number of carbonyl (C=O) groups is 4. The first-order valence-corrected chi connectivity index (χ1v) is 15.6. The SMILES string of the molecule is CC(=O)O[C@H]1c2nc(cs2)C(=O)O[C@@H](CCCC(C)(Cl)Cl)[C@@H](C)C(=O)O[C@@H](C(C)(C)O)c2nc(cs2)C(=O)OC1(C)C. The predicted octanol–water partition coefficient (Wildman–Crippen LogP) is 5.73. The molecular weight excluding hydrogens is 631 g/mol. The fourth-order valence-corrected chi connectivity index (χ4v) is 6.35. The summed E-state index contributed by atoms with van der Waals surface area (Å²) in [6.45, 7) is 10.3. The van der Waals surface area contributed by atoms with E-state index in [1.807, 2.05) is 0 Å². The van der Waals surface area contributed by atoms with Crippen LogP contribution >= 0.6 is 45.9 Å². The van der Waals surface area contributed by atoms with E-state index in [9.17, 15) is 24.3 Å². The van der Waals surface area contributed by atoms with E-state index in [0.717, 1.165) is 22.7 Å². The van der Waals surface area contributed by atoms with Crippen LogP contribution in [0.1, 0.15) is 111 Å². The third kappa shape index (κ3) is 8.85. The zero-order chi connectivity index (χ0) is 31.6. The van der Waals surface area contributed by atoms with Gasteiger partial charge in [-0.1, -0.05) is 0 Å². The first kappa shape index (κ1) is 34.2. The molecule has 4 atom stereocenters. The molecule has 0 fully saturated rings.